The van der Waals surface area contributed by atoms with Gasteiger partial charge in [-0.15, -0.1) is 0 Å². The largest absolute Gasteiger partial charge is 0.312 e. The number of nitrogens with one attached hydrogen (secondary N) is 2. The predicted octanol–water partition coefficient (Wildman–Crippen LogP) is 2.39. The van der Waals surface area contributed by atoms with Crippen molar-refractivity contribution in [2.45, 2.75) is 90.6 Å². The Balaban J connectivity index is 2.02. The van der Waals surface area contributed by atoms with E-state index in [4.69, 9.17) is 0 Å². The van der Waals surface area contributed by atoms with Crippen LogP contribution >= 0.6 is 0 Å². The minimum absolute atomic E-state index is 0.00253. The van der Waals surface area contributed by atoms with Crippen molar-refractivity contribution in [1.29, 1.82) is 0 Å². The number of carbonyl (C=O) groups is 1. The van der Waals surface area contributed by atoms with Crippen LogP contribution in [0.15, 0.2) is 0 Å². The van der Waals surface area contributed by atoms with Crippen molar-refractivity contribution in [3.05, 3.63) is 0 Å². The second-order valence-electron chi connectivity index (χ2n) is 9.08. The smallest absolute Gasteiger partial charge is 0.150 e. The van der Waals surface area contributed by atoms with Gasteiger partial charge in [-0.3, -0.25) is 15.0 Å². The van der Waals surface area contributed by atoms with Gasteiger partial charge in [0.1, 0.15) is 5.78 Å². The lowest BCUT2D eigenvalue weighted by Gasteiger charge is -2.42. The number of fused-ring (bicyclic) bond motifs is 3. The molecule has 4 heteroatoms. The molecule has 0 amide bonds. The van der Waals surface area contributed by atoms with E-state index in [1.165, 1.54) is 12.8 Å². The lowest BCUT2D eigenvalue weighted by molar-refractivity contribution is -0.127. The molecule has 3 saturated heterocycles. The molecule has 3 rings (SSSR count). The van der Waals surface area contributed by atoms with Gasteiger partial charge in [-0.1, -0.05) is 20.8 Å². The van der Waals surface area contributed by atoms with Crippen molar-refractivity contribution in [3.8, 4) is 0 Å². The van der Waals surface area contributed by atoms with Gasteiger partial charge in [-0.25, -0.2) is 0 Å². The molecule has 132 valence electrons. The molecule has 3 aliphatic heterocycles. The van der Waals surface area contributed by atoms with Crippen LogP contribution in [0.1, 0.15) is 60.8 Å². The third-order valence-corrected chi connectivity index (χ3v) is 6.30. The first-order valence-electron chi connectivity index (χ1n) is 9.58. The summed E-state index contributed by atoms with van der Waals surface area (Å²) in [6.45, 7) is 14.5. The van der Waals surface area contributed by atoms with Gasteiger partial charge < -0.3 is 5.32 Å². The lowest BCUT2D eigenvalue weighted by atomic mass is 9.75. The van der Waals surface area contributed by atoms with E-state index < -0.39 is 0 Å². The maximum atomic E-state index is 12.9. The molecule has 0 aromatic carbocycles. The summed E-state index contributed by atoms with van der Waals surface area (Å²) in [4.78, 5) is 15.4. The summed E-state index contributed by atoms with van der Waals surface area (Å²) >= 11 is 0. The molecule has 6 unspecified atom stereocenters. The van der Waals surface area contributed by atoms with Gasteiger partial charge in [0.25, 0.3) is 0 Å². The highest BCUT2D eigenvalue weighted by Gasteiger charge is 2.61. The molecule has 23 heavy (non-hydrogen) atoms. The Morgan fingerprint density at radius 3 is 2.57 bits per heavy atom. The summed E-state index contributed by atoms with van der Waals surface area (Å²) in [6.07, 6.45) is 3.50. The standard InChI is InChI=1S/C19H35N3O/c1-7-13(23)17-14(11(2)3)15-16-12(9-8-10-20-16)21-18(15)22(17)19(4,5)6/h11-12,14-18,20-21H,7-10H2,1-6H3. The van der Waals surface area contributed by atoms with Gasteiger partial charge in [0.2, 0.25) is 0 Å². The number of carbonyl (C=O) groups excluding carboxylic acids is 1. The second kappa shape index (κ2) is 6.12. The SMILES string of the molecule is CCC(=O)C1C(C(C)C)C2C3NCCCC3NC2N1C(C)(C)C. The Morgan fingerprint density at radius 2 is 2.00 bits per heavy atom. The molecule has 0 aromatic rings. The number of rotatable bonds is 3. The van der Waals surface area contributed by atoms with Gasteiger partial charge in [-0.2, -0.15) is 0 Å². The first-order chi connectivity index (χ1) is 10.8. The van der Waals surface area contributed by atoms with Crippen LogP contribution in [0.25, 0.3) is 0 Å². The first-order valence-corrected chi connectivity index (χ1v) is 9.58. The Bertz CT molecular complexity index is 456. The van der Waals surface area contributed by atoms with Gasteiger partial charge in [0.05, 0.1) is 12.2 Å². The third kappa shape index (κ3) is 2.77. The highest BCUT2D eigenvalue weighted by atomic mass is 16.1. The van der Waals surface area contributed by atoms with E-state index in [0.29, 0.717) is 48.2 Å². The molecular weight excluding hydrogens is 286 g/mol. The molecule has 4 nitrogen and oxygen atoms in total. The molecule has 3 aliphatic rings. The molecule has 3 fully saturated rings. The highest BCUT2D eigenvalue weighted by molar-refractivity contribution is 5.84. The van der Waals surface area contributed by atoms with Crippen molar-refractivity contribution in [1.82, 2.24) is 15.5 Å². The Morgan fingerprint density at radius 1 is 1.30 bits per heavy atom. The van der Waals surface area contributed by atoms with Crippen molar-refractivity contribution in [3.63, 3.8) is 0 Å². The number of hydrogen-bond acceptors (Lipinski definition) is 4. The van der Waals surface area contributed by atoms with Crippen molar-refractivity contribution in [2.24, 2.45) is 17.8 Å². The minimum Gasteiger partial charge on any atom is -0.312 e. The second-order valence-corrected chi connectivity index (χ2v) is 9.08. The molecule has 0 aliphatic carbocycles. The van der Waals surface area contributed by atoms with E-state index >= 15 is 0 Å². The van der Waals surface area contributed by atoms with Crippen LogP contribution in [0.2, 0.25) is 0 Å². The third-order valence-electron chi connectivity index (χ3n) is 6.30. The topological polar surface area (TPSA) is 44.4 Å². The number of nitrogens with zero attached hydrogens (tertiary/aromatic N) is 1. The number of ketones is 1. The number of hydrogen-bond donors (Lipinski definition) is 2. The molecule has 0 bridgehead atoms. The van der Waals surface area contributed by atoms with Crippen molar-refractivity contribution >= 4 is 5.78 Å². The van der Waals surface area contributed by atoms with Gasteiger partial charge in [0.15, 0.2) is 0 Å². The van der Waals surface area contributed by atoms with Crippen LogP contribution in [0.5, 0.6) is 0 Å². The summed E-state index contributed by atoms with van der Waals surface area (Å²) in [7, 11) is 0. The molecule has 2 N–H and O–H groups in total. The van der Waals surface area contributed by atoms with Crippen molar-refractivity contribution < 1.29 is 4.79 Å². The average molecular weight is 322 g/mol. The maximum absolute atomic E-state index is 12.9. The Kier molecular flexibility index (Phi) is 4.63. The van der Waals surface area contributed by atoms with Crippen LogP contribution in [-0.4, -0.2) is 47.1 Å². The van der Waals surface area contributed by atoms with E-state index in [9.17, 15) is 4.79 Å². The van der Waals surface area contributed by atoms with E-state index in [-0.39, 0.29) is 11.6 Å². The van der Waals surface area contributed by atoms with Crippen LogP contribution in [0.3, 0.4) is 0 Å². The fraction of sp³-hybridized carbons (Fsp3) is 0.947. The molecular formula is C19H35N3O. The normalized spacial score (nSPS) is 41.2. The van der Waals surface area contributed by atoms with E-state index in [1.54, 1.807) is 0 Å². The zero-order chi connectivity index (χ0) is 16.9. The summed E-state index contributed by atoms with van der Waals surface area (Å²) < 4.78 is 0. The van der Waals surface area contributed by atoms with E-state index in [2.05, 4.69) is 50.2 Å². The summed E-state index contributed by atoms with van der Waals surface area (Å²) in [5, 5.41) is 7.70. The molecule has 3 heterocycles. The Hall–Kier alpha value is -0.450. The number of Topliss-reactive ketones (excluding diaryl/α,β-unsaturated/α-hetero) is 1. The average Bonchev–Trinajstić information content (AvgIpc) is 2.98. The highest BCUT2D eigenvalue weighted by Crippen LogP contribution is 2.49. The van der Waals surface area contributed by atoms with Gasteiger partial charge in [0, 0.05) is 30.0 Å². The lowest BCUT2D eigenvalue weighted by Crippen LogP contribution is -2.58. The minimum atomic E-state index is 0.00253. The molecule has 0 saturated carbocycles. The predicted molar refractivity (Wildman–Crippen MR) is 94.2 cm³/mol. The zero-order valence-corrected chi connectivity index (χ0v) is 15.7. The quantitative estimate of drug-likeness (QED) is 0.838. The first kappa shape index (κ1) is 17.4. The Labute approximate surface area is 141 Å². The van der Waals surface area contributed by atoms with Crippen LogP contribution in [0, 0.1) is 17.8 Å². The monoisotopic (exact) mass is 321 g/mol. The summed E-state index contributed by atoms with van der Waals surface area (Å²) in [6, 6.07) is 1.16. The fourth-order valence-corrected chi connectivity index (χ4v) is 5.54. The van der Waals surface area contributed by atoms with Gasteiger partial charge in [-0.05, 0) is 52.0 Å². The fourth-order valence-electron chi connectivity index (χ4n) is 5.54. The summed E-state index contributed by atoms with van der Waals surface area (Å²) in [5.41, 5.74) is 0.00253. The number of piperidine rings is 1. The van der Waals surface area contributed by atoms with Crippen molar-refractivity contribution in [2.75, 3.05) is 6.54 Å². The summed E-state index contributed by atoms with van der Waals surface area (Å²) in [5.74, 6) is 1.93. The van der Waals surface area contributed by atoms with Crippen LogP contribution < -0.4 is 10.6 Å². The van der Waals surface area contributed by atoms with E-state index in [1.807, 2.05) is 6.92 Å². The van der Waals surface area contributed by atoms with Crippen LogP contribution in [0.4, 0.5) is 0 Å². The van der Waals surface area contributed by atoms with E-state index in [0.717, 1.165) is 6.54 Å². The molecule has 0 spiro atoms. The molecule has 0 aromatic heterocycles. The maximum Gasteiger partial charge on any atom is 0.150 e. The van der Waals surface area contributed by atoms with Gasteiger partial charge >= 0.3 is 0 Å². The van der Waals surface area contributed by atoms with Crippen LogP contribution in [-0.2, 0) is 4.79 Å². The molecule has 6 atom stereocenters. The molecule has 0 radical (unpaired) electrons. The number of likely N-dealkylation sites (tertiary alicyclic amines) is 1. The zero-order valence-electron chi connectivity index (χ0n) is 15.7.